The maximum atomic E-state index is 11.6. The van der Waals surface area contributed by atoms with E-state index in [1.54, 1.807) is 12.2 Å². The van der Waals surface area contributed by atoms with Gasteiger partial charge in [-0.25, -0.2) is 0 Å². The van der Waals surface area contributed by atoms with Crippen molar-refractivity contribution < 1.29 is 19.1 Å². The van der Waals surface area contributed by atoms with Crippen LogP contribution in [0.2, 0.25) is 0 Å². The van der Waals surface area contributed by atoms with Crippen LogP contribution in [0.15, 0.2) is 59.7 Å². The van der Waals surface area contributed by atoms with Gasteiger partial charge in [0.2, 0.25) is 0 Å². The van der Waals surface area contributed by atoms with Crippen molar-refractivity contribution >= 4 is 24.7 Å². The average Bonchev–Trinajstić information content (AvgIpc) is 2.66. The Kier molecular flexibility index (Phi) is 7.76. The lowest BCUT2D eigenvalue weighted by Gasteiger charge is -2.10. The number of ether oxygens (including phenoxy) is 2. The number of hydrogen-bond donors (Lipinski definition) is 0. The summed E-state index contributed by atoms with van der Waals surface area (Å²) in [5.74, 6) is 1.52. The van der Waals surface area contributed by atoms with E-state index in [9.17, 15) is 9.59 Å². The minimum atomic E-state index is 0.0915. The van der Waals surface area contributed by atoms with Gasteiger partial charge in [0.05, 0.1) is 12.2 Å². The summed E-state index contributed by atoms with van der Waals surface area (Å²) in [5, 5.41) is 0. The summed E-state index contributed by atoms with van der Waals surface area (Å²) in [6.07, 6.45) is 4.93. The second-order valence-electron chi connectivity index (χ2n) is 6.91. The van der Waals surface area contributed by atoms with Gasteiger partial charge in [0.1, 0.15) is 11.5 Å². The normalized spacial score (nSPS) is 12.2. The first kappa shape index (κ1) is 21.2. The highest BCUT2D eigenvalue weighted by Gasteiger charge is 2.06. The maximum absolute atomic E-state index is 11.6. The summed E-state index contributed by atoms with van der Waals surface area (Å²) < 4.78 is 11.2. The predicted molar refractivity (Wildman–Crippen MR) is 112 cm³/mol. The van der Waals surface area contributed by atoms with Gasteiger partial charge in [-0.3, -0.25) is 9.59 Å². The molecule has 0 aliphatic carbocycles. The largest absolute Gasteiger partial charge is 0.491 e. The first-order valence-electron chi connectivity index (χ1n) is 9.29. The van der Waals surface area contributed by atoms with Crippen LogP contribution < -0.4 is 9.47 Å². The highest BCUT2D eigenvalue weighted by Crippen LogP contribution is 2.20. The molecule has 0 aliphatic heterocycles. The van der Waals surface area contributed by atoms with Gasteiger partial charge in [-0.2, -0.15) is 0 Å². The SMILES string of the molecule is CC(C)Oc1ccc(/C=C(C=O)/C(C=O)=C/c2ccc(OC(C)C)cc2)cc1. The van der Waals surface area contributed by atoms with E-state index in [4.69, 9.17) is 9.47 Å². The third kappa shape index (κ3) is 6.54. The molecule has 2 aromatic carbocycles. The molecule has 0 N–H and O–H groups in total. The molecule has 4 nitrogen and oxygen atoms in total. The summed E-state index contributed by atoms with van der Waals surface area (Å²) in [4.78, 5) is 23.2. The lowest BCUT2D eigenvalue weighted by atomic mass is 10.0. The molecule has 146 valence electrons. The molecule has 0 saturated heterocycles. The van der Waals surface area contributed by atoms with Crippen LogP contribution in [0, 0.1) is 0 Å². The minimum absolute atomic E-state index is 0.0915. The summed E-state index contributed by atoms with van der Waals surface area (Å²) in [6.45, 7) is 7.84. The molecule has 0 atom stereocenters. The zero-order valence-corrected chi connectivity index (χ0v) is 16.7. The average molecular weight is 378 g/mol. The Morgan fingerprint density at radius 1 is 0.643 bits per heavy atom. The van der Waals surface area contributed by atoms with Crippen LogP contribution in [-0.4, -0.2) is 24.8 Å². The van der Waals surface area contributed by atoms with Crippen LogP contribution in [0.1, 0.15) is 38.8 Å². The number of aldehydes is 2. The van der Waals surface area contributed by atoms with E-state index in [-0.39, 0.29) is 12.2 Å². The lowest BCUT2D eigenvalue weighted by Crippen LogP contribution is -2.05. The van der Waals surface area contributed by atoms with Crippen LogP contribution in [0.3, 0.4) is 0 Å². The summed E-state index contributed by atoms with van der Waals surface area (Å²) in [7, 11) is 0. The van der Waals surface area contributed by atoms with Gasteiger partial charge in [0.15, 0.2) is 12.6 Å². The van der Waals surface area contributed by atoms with Crippen LogP contribution in [0.5, 0.6) is 11.5 Å². The molecule has 0 spiro atoms. The van der Waals surface area contributed by atoms with E-state index in [1.807, 2.05) is 76.2 Å². The van der Waals surface area contributed by atoms with Gasteiger partial charge in [-0.05, 0) is 75.2 Å². The molecule has 0 unspecified atom stereocenters. The van der Waals surface area contributed by atoms with Crippen molar-refractivity contribution in [3.05, 3.63) is 70.8 Å². The molecule has 0 amide bonds. The molecule has 28 heavy (non-hydrogen) atoms. The fourth-order valence-electron chi connectivity index (χ4n) is 2.56. The molecule has 4 heteroatoms. The maximum Gasteiger partial charge on any atom is 0.150 e. The van der Waals surface area contributed by atoms with Gasteiger partial charge in [0, 0.05) is 11.1 Å². The molecule has 2 rings (SSSR count). The number of carbonyl (C=O) groups excluding carboxylic acids is 2. The highest BCUT2D eigenvalue weighted by molar-refractivity contribution is 6.02. The summed E-state index contributed by atoms with van der Waals surface area (Å²) in [5.41, 5.74) is 2.25. The fraction of sp³-hybridized carbons (Fsp3) is 0.250. The van der Waals surface area contributed by atoms with E-state index in [1.165, 1.54) is 0 Å². The van der Waals surface area contributed by atoms with Crippen LogP contribution >= 0.6 is 0 Å². The van der Waals surface area contributed by atoms with Gasteiger partial charge < -0.3 is 9.47 Å². The Labute approximate surface area is 166 Å². The fourth-order valence-corrected chi connectivity index (χ4v) is 2.56. The van der Waals surface area contributed by atoms with Crippen molar-refractivity contribution in [1.29, 1.82) is 0 Å². The number of rotatable bonds is 9. The van der Waals surface area contributed by atoms with Crippen LogP contribution in [-0.2, 0) is 9.59 Å². The molecular weight excluding hydrogens is 352 g/mol. The Morgan fingerprint density at radius 3 is 1.21 bits per heavy atom. The number of carbonyl (C=O) groups is 2. The van der Waals surface area contributed by atoms with Crippen LogP contribution in [0.25, 0.3) is 12.2 Å². The number of allylic oxidation sites excluding steroid dienone is 2. The first-order chi connectivity index (χ1) is 13.4. The third-order valence-corrected chi connectivity index (χ3v) is 3.74. The molecule has 0 heterocycles. The second kappa shape index (κ2) is 10.3. The number of hydrogen-bond acceptors (Lipinski definition) is 4. The standard InChI is InChI=1S/C24H26O4/c1-17(2)27-23-9-5-19(6-10-23)13-21(15-25)22(16-26)14-20-7-11-24(12-8-20)28-18(3)4/h5-18H,1-4H3/b21-13+,22-14+. The topological polar surface area (TPSA) is 52.6 Å². The summed E-state index contributed by atoms with van der Waals surface area (Å²) >= 11 is 0. The molecule has 0 saturated carbocycles. The van der Waals surface area contributed by atoms with E-state index >= 15 is 0 Å². The van der Waals surface area contributed by atoms with Gasteiger partial charge in [0.25, 0.3) is 0 Å². The Balaban J connectivity index is 2.24. The van der Waals surface area contributed by atoms with Crippen LogP contribution in [0.4, 0.5) is 0 Å². The first-order valence-corrected chi connectivity index (χ1v) is 9.29. The van der Waals surface area contributed by atoms with Crippen molar-refractivity contribution in [2.24, 2.45) is 0 Å². The van der Waals surface area contributed by atoms with Gasteiger partial charge in [-0.1, -0.05) is 24.3 Å². The molecule has 0 aromatic heterocycles. The third-order valence-electron chi connectivity index (χ3n) is 3.74. The molecule has 0 aliphatic rings. The zero-order valence-electron chi connectivity index (χ0n) is 16.7. The second-order valence-corrected chi connectivity index (χ2v) is 6.91. The Morgan fingerprint density at radius 2 is 0.964 bits per heavy atom. The van der Waals surface area contributed by atoms with Gasteiger partial charge in [-0.15, -0.1) is 0 Å². The molecular formula is C24H26O4. The van der Waals surface area contributed by atoms with Crippen molar-refractivity contribution in [3.63, 3.8) is 0 Å². The highest BCUT2D eigenvalue weighted by atomic mass is 16.5. The van der Waals surface area contributed by atoms with Crippen molar-refractivity contribution in [2.75, 3.05) is 0 Å². The number of benzene rings is 2. The quantitative estimate of drug-likeness (QED) is 0.345. The predicted octanol–water partition coefficient (Wildman–Crippen LogP) is 5.13. The Bertz CT molecular complexity index is 768. The molecule has 0 radical (unpaired) electrons. The summed E-state index contributed by atoms with van der Waals surface area (Å²) in [6, 6.07) is 14.8. The zero-order chi connectivity index (χ0) is 20.5. The lowest BCUT2D eigenvalue weighted by molar-refractivity contribution is -0.107. The molecule has 2 aromatic rings. The van der Waals surface area contributed by atoms with E-state index in [0.29, 0.717) is 23.7 Å². The molecule has 0 bridgehead atoms. The van der Waals surface area contributed by atoms with E-state index < -0.39 is 0 Å². The minimum Gasteiger partial charge on any atom is -0.491 e. The monoisotopic (exact) mass is 378 g/mol. The smallest absolute Gasteiger partial charge is 0.150 e. The molecule has 0 fully saturated rings. The van der Waals surface area contributed by atoms with Crippen molar-refractivity contribution in [3.8, 4) is 11.5 Å². The van der Waals surface area contributed by atoms with E-state index in [2.05, 4.69) is 0 Å². The van der Waals surface area contributed by atoms with Crippen molar-refractivity contribution in [2.45, 2.75) is 39.9 Å². The van der Waals surface area contributed by atoms with Crippen molar-refractivity contribution in [1.82, 2.24) is 0 Å². The van der Waals surface area contributed by atoms with E-state index in [0.717, 1.165) is 22.6 Å². The Hall–Kier alpha value is -3.14. The van der Waals surface area contributed by atoms with Gasteiger partial charge >= 0.3 is 0 Å².